The van der Waals surface area contributed by atoms with Crippen LogP contribution in [0.5, 0.6) is 0 Å². The zero-order valence-electron chi connectivity index (χ0n) is 10.4. The first-order chi connectivity index (χ1) is 7.40. The van der Waals surface area contributed by atoms with E-state index in [-0.39, 0.29) is 6.10 Å². The highest BCUT2D eigenvalue weighted by Gasteiger charge is 2.32. The SMILES string of the molecule is C=C1CC(O)C[Si](C)(C)c2cc(C)ccc21. The minimum absolute atomic E-state index is 0.207. The van der Waals surface area contributed by atoms with Gasteiger partial charge in [-0.3, -0.25) is 0 Å². The van der Waals surface area contributed by atoms with Crippen LogP contribution in [0.2, 0.25) is 19.1 Å². The van der Waals surface area contributed by atoms with Gasteiger partial charge in [-0.05, 0) is 30.5 Å². The van der Waals surface area contributed by atoms with Gasteiger partial charge in [0.2, 0.25) is 0 Å². The Morgan fingerprint density at radius 2 is 2.06 bits per heavy atom. The van der Waals surface area contributed by atoms with Crippen molar-refractivity contribution in [3.05, 3.63) is 35.9 Å². The molecule has 1 N–H and O–H groups in total. The zero-order chi connectivity index (χ0) is 11.9. The number of rotatable bonds is 0. The van der Waals surface area contributed by atoms with Crippen molar-refractivity contribution in [2.45, 2.75) is 38.6 Å². The number of hydrogen-bond acceptors (Lipinski definition) is 1. The highest BCUT2D eigenvalue weighted by atomic mass is 28.3. The second kappa shape index (κ2) is 3.86. The van der Waals surface area contributed by atoms with Gasteiger partial charge in [0.15, 0.2) is 0 Å². The van der Waals surface area contributed by atoms with Gasteiger partial charge in [0.25, 0.3) is 0 Å². The zero-order valence-corrected chi connectivity index (χ0v) is 11.4. The van der Waals surface area contributed by atoms with Gasteiger partial charge in [0, 0.05) is 0 Å². The number of hydrogen-bond donors (Lipinski definition) is 1. The van der Waals surface area contributed by atoms with Crippen LogP contribution in [0.1, 0.15) is 17.5 Å². The number of aliphatic hydroxyl groups excluding tert-OH is 1. The van der Waals surface area contributed by atoms with Gasteiger partial charge in [0.05, 0.1) is 14.2 Å². The molecule has 2 heteroatoms. The molecule has 86 valence electrons. The number of benzene rings is 1. The average molecular weight is 232 g/mol. The van der Waals surface area contributed by atoms with E-state index in [0.717, 1.165) is 18.0 Å². The van der Waals surface area contributed by atoms with E-state index >= 15 is 0 Å². The number of fused-ring (bicyclic) bond motifs is 1. The predicted octanol–water partition coefficient (Wildman–Crippen LogP) is 2.69. The molecule has 1 heterocycles. The summed E-state index contributed by atoms with van der Waals surface area (Å²) in [7, 11) is -1.51. The third-order valence-electron chi connectivity index (χ3n) is 3.51. The van der Waals surface area contributed by atoms with Crippen molar-refractivity contribution in [1.82, 2.24) is 0 Å². The number of aliphatic hydroxyl groups is 1. The molecule has 0 bridgehead atoms. The van der Waals surface area contributed by atoms with Crippen molar-refractivity contribution in [3.8, 4) is 0 Å². The standard InChI is InChI=1S/C14H20OSi/c1-10-5-6-13-11(2)8-12(15)9-16(3,4)14(13)7-10/h5-7,12,15H,2,8-9H2,1,3-4H3. The van der Waals surface area contributed by atoms with Crippen LogP contribution in [-0.2, 0) is 0 Å². The molecular formula is C14H20OSi. The molecule has 0 aliphatic carbocycles. The largest absolute Gasteiger partial charge is 0.393 e. The van der Waals surface area contributed by atoms with Crippen LogP contribution < -0.4 is 5.19 Å². The lowest BCUT2D eigenvalue weighted by Crippen LogP contribution is -2.44. The van der Waals surface area contributed by atoms with Crippen molar-refractivity contribution in [2.24, 2.45) is 0 Å². The van der Waals surface area contributed by atoms with Gasteiger partial charge in [-0.2, -0.15) is 0 Å². The molecule has 16 heavy (non-hydrogen) atoms. The molecule has 0 saturated carbocycles. The molecular weight excluding hydrogens is 212 g/mol. The van der Waals surface area contributed by atoms with Crippen molar-refractivity contribution >= 4 is 18.8 Å². The average Bonchev–Trinajstić information content (AvgIpc) is 2.22. The van der Waals surface area contributed by atoms with Crippen LogP contribution in [-0.4, -0.2) is 19.3 Å². The molecule has 0 amide bonds. The molecule has 2 rings (SSSR count). The van der Waals surface area contributed by atoms with Gasteiger partial charge >= 0.3 is 0 Å². The summed E-state index contributed by atoms with van der Waals surface area (Å²) in [5, 5.41) is 11.5. The molecule has 0 fully saturated rings. The summed E-state index contributed by atoms with van der Waals surface area (Å²) in [6.07, 6.45) is 0.522. The summed E-state index contributed by atoms with van der Waals surface area (Å²) < 4.78 is 0. The number of aryl methyl sites for hydroxylation is 1. The van der Waals surface area contributed by atoms with E-state index in [0.29, 0.717) is 0 Å². The van der Waals surface area contributed by atoms with E-state index in [1.54, 1.807) is 0 Å². The maximum atomic E-state index is 10.0. The van der Waals surface area contributed by atoms with Gasteiger partial charge in [-0.15, -0.1) is 0 Å². The molecule has 1 nitrogen and oxygen atoms in total. The van der Waals surface area contributed by atoms with Gasteiger partial charge in [-0.1, -0.05) is 48.6 Å². The summed E-state index contributed by atoms with van der Waals surface area (Å²) in [5.74, 6) is 0. The normalized spacial score (nSPS) is 23.8. The molecule has 1 aliphatic rings. The Kier molecular flexibility index (Phi) is 2.80. The molecule has 1 atom stereocenters. The molecule has 0 aromatic heterocycles. The highest BCUT2D eigenvalue weighted by Crippen LogP contribution is 2.28. The summed E-state index contributed by atoms with van der Waals surface area (Å²) in [4.78, 5) is 0. The Morgan fingerprint density at radius 1 is 1.38 bits per heavy atom. The van der Waals surface area contributed by atoms with Gasteiger partial charge in [0.1, 0.15) is 0 Å². The fourth-order valence-electron chi connectivity index (χ4n) is 2.69. The lowest BCUT2D eigenvalue weighted by atomic mass is 10.0. The fraction of sp³-hybridized carbons (Fsp3) is 0.429. The quantitative estimate of drug-likeness (QED) is 0.682. The lowest BCUT2D eigenvalue weighted by Gasteiger charge is -2.24. The van der Waals surface area contributed by atoms with Crippen LogP contribution in [0.15, 0.2) is 24.8 Å². The van der Waals surface area contributed by atoms with Crippen molar-refractivity contribution in [1.29, 1.82) is 0 Å². The van der Waals surface area contributed by atoms with E-state index in [1.165, 1.54) is 16.3 Å². The van der Waals surface area contributed by atoms with Crippen LogP contribution >= 0.6 is 0 Å². The molecule has 0 spiro atoms. The Balaban J connectivity index is 2.61. The van der Waals surface area contributed by atoms with Gasteiger partial charge < -0.3 is 5.11 Å². The third-order valence-corrected chi connectivity index (χ3v) is 6.88. The molecule has 1 unspecified atom stereocenters. The van der Waals surface area contributed by atoms with Crippen LogP contribution in [0, 0.1) is 6.92 Å². The van der Waals surface area contributed by atoms with E-state index < -0.39 is 8.07 Å². The first kappa shape index (κ1) is 11.6. The van der Waals surface area contributed by atoms with Crippen molar-refractivity contribution in [3.63, 3.8) is 0 Å². The van der Waals surface area contributed by atoms with Crippen LogP contribution in [0.3, 0.4) is 0 Å². The van der Waals surface area contributed by atoms with E-state index in [2.05, 4.69) is 44.8 Å². The summed E-state index contributed by atoms with van der Waals surface area (Å²) in [5.41, 5.74) is 3.70. The second-order valence-electron chi connectivity index (χ2n) is 5.60. The fourth-order valence-corrected chi connectivity index (χ4v) is 5.84. The Bertz CT molecular complexity index is 434. The van der Waals surface area contributed by atoms with Crippen LogP contribution in [0.25, 0.3) is 5.57 Å². The van der Waals surface area contributed by atoms with Gasteiger partial charge in [-0.25, -0.2) is 0 Å². The first-order valence-corrected chi connectivity index (χ1v) is 9.08. The Morgan fingerprint density at radius 3 is 2.75 bits per heavy atom. The predicted molar refractivity (Wildman–Crippen MR) is 72.8 cm³/mol. The minimum atomic E-state index is -1.51. The molecule has 1 aromatic rings. The van der Waals surface area contributed by atoms with E-state index in [9.17, 15) is 5.11 Å². The second-order valence-corrected chi connectivity index (χ2v) is 10.3. The Hall–Kier alpha value is -0.863. The molecule has 1 aliphatic heterocycles. The molecule has 0 saturated heterocycles. The first-order valence-electron chi connectivity index (χ1n) is 5.87. The topological polar surface area (TPSA) is 20.2 Å². The minimum Gasteiger partial charge on any atom is -0.393 e. The summed E-state index contributed by atoms with van der Waals surface area (Å²) in [6.45, 7) is 10.9. The van der Waals surface area contributed by atoms with Crippen molar-refractivity contribution in [2.75, 3.05) is 0 Å². The van der Waals surface area contributed by atoms with E-state index in [4.69, 9.17) is 0 Å². The molecule has 1 aromatic carbocycles. The summed E-state index contributed by atoms with van der Waals surface area (Å²) in [6, 6.07) is 7.57. The maximum absolute atomic E-state index is 10.0. The smallest absolute Gasteiger partial charge is 0.0839 e. The summed E-state index contributed by atoms with van der Waals surface area (Å²) >= 11 is 0. The van der Waals surface area contributed by atoms with Crippen molar-refractivity contribution < 1.29 is 5.11 Å². The lowest BCUT2D eigenvalue weighted by molar-refractivity contribution is 0.200. The maximum Gasteiger partial charge on any atom is 0.0839 e. The molecule has 0 radical (unpaired) electrons. The third kappa shape index (κ3) is 2.00. The highest BCUT2D eigenvalue weighted by molar-refractivity contribution is 6.90. The van der Waals surface area contributed by atoms with E-state index in [1.807, 2.05) is 0 Å². The monoisotopic (exact) mass is 232 g/mol. The Labute approximate surface area is 98.8 Å². The van der Waals surface area contributed by atoms with Crippen LogP contribution in [0.4, 0.5) is 0 Å².